The lowest BCUT2D eigenvalue weighted by atomic mass is 10.3. The SMILES string of the molecule is NC(=S)Nc1ccc(OP(=O)(O)O)cc1. The van der Waals surface area contributed by atoms with Crippen LogP contribution in [0.4, 0.5) is 5.69 Å². The lowest BCUT2D eigenvalue weighted by Crippen LogP contribution is -2.18. The molecule has 0 aliphatic rings. The number of phosphoric ester groups is 1. The average Bonchev–Trinajstić information content (AvgIpc) is 2.05. The fourth-order valence-corrected chi connectivity index (χ4v) is 1.39. The molecule has 0 saturated heterocycles. The van der Waals surface area contributed by atoms with Gasteiger partial charge in [0.15, 0.2) is 5.11 Å². The summed E-state index contributed by atoms with van der Waals surface area (Å²) in [6, 6.07) is 5.84. The maximum absolute atomic E-state index is 10.5. The molecule has 0 aliphatic heterocycles. The van der Waals surface area contributed by atoms with Crippen molar-refractivity contribution < 1.29 is 18.9 Å². The number of rotatable bonds is 3. The van der Waals surface area contributed by atoms with Crippen LogP contribution in [-0.2, 0) is 4.57 Å². The van der Waals surface area contributed by atoms with Crippen LogP contribution < -0.4 is 15.6 Å². The van der Waals surface area contributed by atoms with Crippen molar-refractivity contribution in [3.05, 3.63) is 24.3 Å². The summed E-state index contributed by atoms with van der Waals surface area (Å²) >= 11 is 4.61. The Balaban J connectivity index is 2.72. The number of benzene rings is 1. The molecule has 1 rings (SSSR count). The summed E-state index contributed by atoms with van der Waals surface area (Å²) in [5.41, 5.74) is 5.84. The van der Waals surface area contributed by atoms with E-state index in [0.717, 1.165) is 0 Å². The number of phosphoric acid groups is 1. The highest BCUT2D eigenvalue weighted by molar-refractivity contribution is 7.80. The number of thiocarbonyl (C=S) groups is 1. The van der Waals surface area contributed by atoms with Gasteiger partial charge in [-0.25, -0.2) is 4.57 Å². The molecule has 0 saturated carbocycles. The van der Waals surface area contributed by atoms with E-state index in [-0.39, 0.29) is 10.9 Å². The highest BCUT2D eigenvalue weighted by Crippen LogP contribution is 2.37. The van der Waals surface area contributed by atoms with Crippen LogP contribution in [0.5, 0.6) is 5.75 Å². The molecule has 15 heavy (non-hydrogen) atoms. The maximum atomic E-state index is 10.5. The maximum Gasteiger partial charge on any atom is 0.524 e. The second kappa shape index (κ2) is 4.59. The lowest BCUT2D eigenvalue weighted by molar-refractivity contribution is 0.283. The minimum Gasteiger partial charge on any atom is -0.404 e. The molecule has 0 fully saturated rings. The molecule has 0 aliphatic carbocycles. The van der Waals surface area contributed by atoms with Gasteiger partial charge in [-0.2, -0.15) is 0 Å². The molecular formula is C7H9N2O4PS. The van der Waals surface area contributed by atoms with E-state index in [1.165, 1.54) is 24.3 Å². The van der Waals surface area contributed by atoms with E-state index in [1.807, 2.05) is 0 Å². The van der Waals surface area contributed by atoms with Crippen molar-refractivity contribution in [3.8, 4) is 5.75 Å². The molecule has 1 aromatic carbocycles. The van der Waals surface area contributed by atoms with Crippen LogP contribution in [0.3, 0.4) is 0 Å². The van der Waals surface area contributed by atoms with Gasteiger partial charge in [-0.3, -0.25) is 9.79 Å². The summed E-state index contributed by atoms with van der Waals surface area (Å²) in [6.07, 6.45) is 0. The number of hydrogen-bond acceptors (Lipinski definition) is 3. The fraction of sp³-hybridized carbons (Fsp3) is 0. The minimum atomic E-state index is -4.50. The van der Waals surface area contributed by atoms with Gasteiger partial charge in [0.2, 0.25) is 0 Å². The van der Waals surface area contributed by atoms with Gasteiger partial charge in [0.1, 0.15) is 5.75 Å². The van der Waals surface area contributed by atoms with Crippen molar-refractivity contribution in [2.45, 2.75) is 0 Å². The van der Waals surface area contributed by atoms with Gasteiger partial charge in [-0.15, -0.1) is 0 Å². The zero-order valence-corrected chi connectivity index (χ0v) is 9.16. The first kappa shape index (κ1) is 11.9. The van der Waals surface area contributed by atoms with E-state index in [4.69, 9.17) is 15.5 Å². The van der Waals surface area contributed by atoms with E-state index in [0.29, 0.717) is 5.69 Å². The van der Waals surface area contributed by atoms with E-state index in [9.17, 15) is 4.57 Å². The fourth-order valence-electron chi connectivity index (χ4n) is 0.879. The van der Waals surface area contributed by atoms with Crippen LogP contribution in [0.25, 0.3) is 0 Å². The molecular weight excluding hydrogens is 239 g/mol. The zero-order chi connectivity index (χ0) is 11.5. The Hall–Kier alpha value is -1.14. The quantitative estimate of drug-likeness (QED) is 0.463. The smallest absolute Gasteiger partial charge is 0.404 e. The third-order valence-corrected chi connectivity index (χ3v) is 1.90. The van der Waals surface area contributed by atoms with Crippen molar-refractivity contribution in [1.29, 1.82) is 0 Å². The average molecular weight is 248 g/mol. The molecule has 0 aromatic heterocycles. The Morgan fingerprint density at radius 1 is 1.40 bits per heavy atom. The Morgan fingerprint density at radius 3 is 2.33 bits per heavy atom. The van der Waals surface area contributed by atoms with Crippen molar-refractivity contribution >= 4 is 30.8 Å². The monoisotopic (exact) mass is 248 g/mol. The Kier molecular flexibility index (Phi) is 3.65. The van der Waals surface area contributed by atoms with Crippen molar-refractivity contribution in [2.24, 2.45) is 5.73 Å². The highest BCUT2D eigenvalue weighted by Gasteiger charge is 2.15. The molecule has 0 heterocycles. The number of hydrogen-bond donors (Lipinski definition) is 4. The summed E-state index contributed by atoms with van der Waals surface area (Å²) in [4.78, 5) is 17.0. The van der Waals surface area contributed by atoms with Crippen molar-refractivity contribution in [1.82, 2.24) is 0 Å². The summed E-state index contributed by atoms with van der Waals surface area (Å²) in [5.74, 6) is 0.0665. The van der Waals surface area contributed by atoms with Crippen LogP contribution in [0.15, 0.2) is 24.3 Å². The molecule has 0 unspecified atom stereocenters. The third-order valence-electron chi connectivity index (χ3n) is 1.35. The molecule has 6 nitrogen and oxygen atoms in total. The standard InChI is InChI=1S/C7H9N2O4PS/c8-7(15)9-5-1-3-6(4-2-5)13-14(10,11)12/h1-4H,(H3,8,9,15)(H2,10,11,12). The summed E-state index contributed by atoms with van der Waals surface area (Å²) in [6.45, 7) is 0. The number of anilines is 1. The van der Waals surface area contributed by atoms with Crippen LogP contribution in [0.1, 0.15) is 0 Å². The van der Waals surface area contributed by atoms with Crippen LogP contribution in [0, 0.1) is 0 Å². The number of nitrogens with one attached hydrogen (secondary N) is 1. The first-order valence-electron chi connectivity index (χ1n) is 3.78. The highest BCUT2D eigenvalue weighted by atomic mass is 32.1. The molecule has 1 aromatic rings. The van der Waals surface area contributed by atoms with Crippen molar-refractivity contribution in [2.75, 3.05) is 5.32 Å². The van der Waals surface area contributed by atoms with Crippen LogP contribution in [0.2, 0.25) is 0 Å². The molecule has 0 amide bonds. The summed E-state index contributed by atoms with van der Waals surface area (Å²) < 4.78 is 14.8. The van der Waals surface area contributed by atoms with Gasteiger partial charge in [0, 0.05) is 5.69 Å². The second-order valence-electron chi connectivity index (χ2n) is 2.60. The van der Waals surface area contributed by atoms with Crippen molar-refractivity contribution in [3.63, 3.8) is 0 Å². The van der Waals surface area contributed by atoms with Gasteiger partial charge in [-0.1, -0.05) is 0 Å². The predicted molar refractivity (Wildman–Crippen MR) is 59.5 cm³/mol. The van der Waals surface area contributed by atoms with Gasteiger partial charge >= 0.3 is 7.82 Å². The van der Waals surface area contributed by atoms with Gasteiger partial charge < -0.3 is 15.6 Å². The third kappa shape index (κ3) is 4.75. The van der Waals surface area contributed by atoms with Gasteiger partial charge in [0.25, 0.3) is 0 Å². The lowest BCUT2D eigenvalue weighted by Gasteiger charge is -2.07. The molecule has 5 N–H and O–H groups in total. The second-order valence-corrected chi connectivity index (χ2v) is 4.20. The molecule has 0 atom stereocenters. The Labute approximate surface area is 91.3 Å². The number of nitrogens with two attached hydrogens (primary N) is 1. The molecule has 0 bridgehead atoms. The van der Waals surface area contributed by atoms with Crippen LogP contribution in [-0.4, -0.2) is 14.9 Å². The first-order valence-corrected chi connectivity index (χ1v) is 5.72. The molecule has 82 valence electrons. The predicted octanol–water partition coefficient (Wildman–Crippen LogP) is 0.814. The van der Waals surface area contributed by atoms with E-state index in [2.05, 4.69) is 22.1 Å². The summed E-state index contributed by atoms with van der Waals surface area (Å²) in [7, 11) is -4.50. The Morgan fingerprint density at radius 2 is 1.93 bits per heavy atom. The topological polar surface area (TPSA) is 105 Å². The summed E-state index contributed by atoms with van der Waals surface area (Å²) in [5, 5.41) is 2.76. The van der Waals surface area contributed by atoms with Gasteiger partial charge in [0.05, 0.1) is 0 Å². The molecule has 0 radical (unpaired) electrons. The first-order chi connectivity index (χ1) is 6.87. The minimum absolute atomic E-state index is 0.0665. The zero-order valence-electron chi connectivity index (χ0n) is 7.45. The van der Waals surface area contributed by atoms with Gasteiger partial charge in [-0.05, 0) is 36.5 Å². The largest absolute Gasteiger partial charge is 0.524 e. The van der Waals surface area contributed by atoms with E-state index < -0.39 is 7.82 Å². The molecule has 8 heteroatoms. The van der Waals surface area contributed by atoms with Crippen LogP contribution >= 0.6 is 20.0 Å². The Bertz CT molecular complexity index is 402. The molecule has 0 spiro atoms. The van der Waals surface area contributed by atoms with E-state index in [1.54, 1.807) is 0 Å². The van der Waals surface area contributed by atoms with E-state index >= 15 is 0 Å². The normalized spacial score (nSPS) is 10.8.